The van der Waals surface area contributed by atoms with Crippen LogP contribution in [0.3, 0.4) is 0 Å². The van der Waals surface area contributed by atoms with Crippen LogP contribution in [0.25, 0.3) is 0 Å². The van der Waals surface area contributed by atoms with Gasteiger partial charge in [0.1, 0.15) is 0 Å². The predicted molar refractivity (Wildman–Crippen MR) is 71.9 cm³/mol. The molecule has 6 heteroatoms. The minimum Gasteiger partial charge on any atom is -0.360 e. The number of nitro groups is 1. The molecule has 2 heterocycles. The van der Waals surface area contributed by atoms with Gasteiger partial charge in [-0.3, -0.25) is 15.1 Å². The van der Waals surface area contributed by atoms with Crippen LogP contribution in [0.4, 0.5) is 11.5 Å². The molecule has 6 nitrogen and oxygen atoms in total. The van der Waals surface area contributed by atoms with Gasteiger partial charge in [-0.05, 0) is 36.6 Å². The topological polar surface area (TPSA) is 81.0 Å². The van der Waals surface area contributed by atoms with E-state index in [9.17, 15) is 10.1 Å². The molecule has 0 aliphatic carbocycles. The molecule has 0 atom stereocenters. The van der Waals surface area contributed by atoms with Crippen LogP contribution in [0.5, 0.6) is 0 Å². The Labute approximate surface area is 110 Å². The van der Waals surface area contributed by atoms with Crippen LogP contribution in [-0.4, -0.2) is 14.9 Å². The number of nitrogens with one attached hydrogen (secondary N) is 1. The zero-order valence-electron chi connectivity index (χ0n) is 10.8. The van der Waals surface area contributed by atoms with Gasteiger partial charge in [-0.2, -0.15) is 0 Å². The van der Waals surface area contributed by atoms with Crippen molar-refractivity contribution in [2.75, 3.05) is 5.32 Å². The highest BCUT2D eigenvalue weighted by molar-refractivity contribution is 5.56. The second kappa shape index (κ2) is 5.43. The third-order valence-corrected chi connectivity index (χ3v) is 2.79. The molecule has 0 aliphatic heterocycles. The smallest absolute Gasteiger partial charge is 0.311 e. The fourth-order valence-electron chi connectivity index (χ4n) is 1.69. The molecule has 0 saturated heterocycles. The van der Waals surface area contributed by atoms with Crippen LogP contribution in [0.15, 0.2) is 30.7 Å². The van der Waals surface area contributed by atoms with E-state index in [-0.39, 0.29) is 11.5 Å². The van der Waals surface area contributed by atoms with Crippen LogP contribution in [0, 0.1) is 24.0 Å². The van der Waals surface area contributed by atoms with Crippen molar-refractivity contribution in [2.24, 2.45) is 0 Å². The Morgan fingerprint density at radius 1 is 1.37 bits per heavy atom. The monoisotopic (exact) mass is 258 g/mol. The molecular weight excluding hydrogens is 244 g/mol. The molecule has 0 aliphatic rings. The average Bonchev–Trinajstić information content (AvgIpc) is 2.38. The molecule has 0 fully saturated rings. The molecule has 0 radical (unpaired) electrons. The molecule has 2 rings (SSSR count). The SMILES string of the molecule is Cc1cnc(NCc2cnccc2C)c([N+](=O)[O-])c1. The Morgan fingerprint density at radius 2 is 2.16 bits per heavy atom. The van der Waals surface area contributed by atoms with Crippen molar-refractivity contribution in [2.45, 2.75) is 20.4 Å². The lowest BCUT2D eigenvalue weighted by molar-refractivity contribution is -0.384. The number of pyridine rings is 2. The minimum absolute atomic E-state index is 0.0125. The van der Waals surface area contributed by atoms with Crippen LogP contribution >= 0.6 is 0 Å². The fraction of sp³-hybridized carbons (Fsp3) is 0.231. The first kappa shape index (κ1) is 12.9. The number of hydrogen-bond donors (Lipinski definition) is 1. The minimum atomic E-state index is -0.432. The maximum atomic E-state index is 11.0. The second-order valence-electron chi connectivity index (χ2n) is 4.29. The van der Waals surface area contributed by atoms with E-state index in [4.69, 9.17) is 0 Å². The van der Waals surface area contributed by atoms with Gasteiger partial charge in [0, 0.05) is 31.2 Å². The van der Waals surface area contributed by atoms with Crippen molar-refractivity contribution in [1.82, 2.24) is 9.97 Å². The summed E-state index contributed by atoms with van der Waals surface area (Å²) in [4.78, 5) is 18.6. The number of anilines is 1. The molecule has 98 valence electrons. The summed E-state index contributed by atoms with van der Waals surface area (Å²) in [5.74, 6) is 0.277. The summed E-state index contributed by atoms with van der Waals surface area (Å²) in [5.41, 5.74) is 2.81. The van der Waals surface area contributed by atoms with Crippen molar-refractivity contribution < 1.29 is 4.92 Å². The molecule has 0 spiro atoms. The van der Waals surface area contributed by atoms with E-state index in [2.05, 4.69) is 15.3 Å². The molecule has 0 bridgehead atoms. The predicted octanol–water partition coefficient (Wildman–Crippen LogP) is 2.61. The highest BCUT2D eigenvalue weighted by Crippen LogP contribution is 2.23. The van der Waals surface area contributed by atoms with Crippen LogP contribution in [0.2, 0.25) is 0 Å². The maximum absolute atomic E-state index is 11.0. The van der Waals surface area contributed by atoms with Gasteiger partial charge >= 0.3 is 5.69 Å². The zero-order valence-corrected chi connectivity index (χ0v) is 10.8. The van der Waals surface area contributed by atoms with Crippen LogP contribution in [0.1, 0.15) is 16.7 Å². The summed E-state index contributed by atoms with van der Waals surface area (Å²) in [6, 6.07) is 3.40. The first-order valence-corrected chi connectivity index (χ1v) is 5.82. The number of rotatable bonds is 4. The van der Waals surface area contributed by atoms with Crippen molar-refractivity contribution in [3.8, 4) is 0 Å². The Kier molecular flexibility index (Phi) is 3.70. The van der Waals surface area contributed by atoms with E-state index < -0.39 is 4.92 Å². The van der Waals surface area contributed by atoms with Gasteiger partial charge in [0.2, 0.25) is 5.82 Å². The fourth-order valence-corrected chi connectivity index (χ4v) is 1.69. The van der Waals surface area contributed by atoms with Crippen molar-refractivity contribution >= 4 is 11.5 Å². The largest absolute Gasteiger partial charge is 0.360 e. The van der Waals surface area contributed by atoms with Crippen LogP contribution < -0.4 is 5.32 Å². The third kappa shape index (κ3) is 3.04. The van der Waals surface area contributed by atoms with E-state index in [1.807, 2.05) is 13.0 Å². The van der Waals surface area contributed by atoms with E-state index >= 15 is 0 Å². The summed E-state index contributed by atoms with van der Waals surface area (Å²) >= 11 is 0. The van der Waals surface area contributed by atoms with Crippen molar-refractivity contribution in [1.29, 1.82) is 0 Å². The van der Waals surface area contributed by atoms with E-state index in [1.54, 1.807) is 25.5 Å². The van der Waals surface area contributed by atoms with Gasteiger partial charge in [-0.25, -0.2) is 4.98 Å². The Bertz CT molecular complexity index is 613. The molecular formula is C13H14N4O2. The normalized spacial score (nSPS) is 10.2. The summed E-state index contributed by atoms with van der Waals surface area (Å²) in [7, 11) is 0. The molecule has 19 heavy (non-hydrogen) atoms. The summed E-state index contributed by atoms with van der Waals surface area (Å²) in [5, 5.41) is 14.0. The van der Waals surface area contributed by atoms with Gasteiger partial charge in [-0.1, -0.05) is 0 Å². The third-order valence-electron chi connectivity index (χ3n) is 2.79. The molecule has 0 saturated carbocycles. The first-order chi connectivity index (χ1) is 9.08. The molecule has 0 amide bonds. The lowest BCUT2D eigenvalue weighted by Crippen LogP contribution is -2.06. The molecule has 0 unspecified atom stereocenters. The highest BCUT2D eigenvalue weighted by atomic mass is 16.6. The second-order valence-corrected chi connectivity index (χ2v) is 4.29. The molecule has 1 N–H and O–H groups in total. The zero-order chi connectivity index (χ0) is 13.8. The number of nitrogens with zero attached hydrogens (tertiary/aromatic N) is 3. The Hall–Kier alpha value is -2.50. The molecule has 2 aromatic rings. The van der Waals surface area contributed by atoms with E-state index in [0.29, 0.717) is 6.54 Å². The maximum Gasteiger partial charge on any atom is 0.311 e. The number of hydrogen-bond acceptors (Lipinski definition) is 5. The van der Waals surface area contributed by atoms with Crippen molar-refractivity contribution in [3.05, 3.63) is 57.5 Å². The van der Waals surface area contributed by atoms with E-state index in [0.717, 1.165) is 16.7 Å². The number of aryl methyl sites for hydroxylation is 2. The number of aromatic nitrogens is 2. The van der Waals surface area contributed by atoms with Gasteiger partial charge in [0.25, 0.3) is 0 Å². The molecule has 2 aromatic heterocycles. The average molecular weight is 258 g/mol. The van der Waals surface area contributed by atoms with Crippen molar-refractivity contribution in [3.63, 3.8) is 0 Å². The van der Waals surface area contributed by atoms with Crippen LogP contribution in [-0.2, 0) is 6.54 Å². The Balaban J connectivity index is 2.20. The summed E-state index contributed by atoms with van der Waals surface area (Å²) in [6.07, 6.45) is 5.05. The van der Waals surface area contributed by atoms with Gasteiger partial charge in [-0.15, -0.1) is 0 Å². The standard InChI is InChI=1S/C13H14N4O2/c1-9-5-12(17(18)19)13(15-6-9)16-8-11-7-14-4-3-10(11)2/h3-7H,8H2,1-2H3,(H,15,16). The van der Waals surface area contributed by atoms with Gasteiger partial charge < -0.3 is 5.32 Å². The van der Waals surface area contributed by atoms with Gasteiger partial charge in [0.05, 0.1) is 4.92 Å². The molecule has 0 aromatic carbocycles. The summed E-state index contributed by atoms with van der Waals surface area (Å²) < 4.78 is 0. The summed E-state index contributed by atoms with van der Waals surface area (Å²) in [6.45, 7) is 4.20. The highest BCUT2D eigenvalue weighted by Gasteiger charge is 2.15. The lowest BCUT2D eigenvalue weighted by Gasteiger charge is -2.08. The lowest BCUT2D eigenvalue weighted by atomic mass is 10.1. The Morgan fingerprint density at radius 3 is 2.84 bits per heavy atom. The van der Waals surface area contributed by atoms with E-state index in [1.165, 1.54) is 6.07 Å². The van der Waals surface area contributed by atoms with Gasteiger partial charge in [0.15, 0.2) is 0 Å². The first-order valence-electron chi connectivity index (χ1n) is 5.82. The quantitative estimate of drug-likeness (QED) is 0.673.